The van der Waals surface area contributed by atoms with E-state index in [1.165, 1.54) is 12.4 Å². The van der Waals surface area contributed by atoms with E-state index in [-0.39, 0.29) is 11.7 Å². The maximum absolute atomic E-state index is 10.6. The molecule has 0 aliphatic heterocycles. The van der Waals surface area contributed by atoms with Crippen LogP contribution in [0, 0.1) is 12.3 Å². The van der Waals surface area contributed by atoms with Gasteiger partial charge in [0.15, 0.2) is 5.69 Å². The van der Waals surface area contributed by atoms with Crippen LogP contribution in [0.5, 0.6) is 0 Å². The summed E-state index contributed by atoms with van der Waals surface area (Å²) in [4.78, 5) is 18.2. The lowest BCUT2D eigenvalue weighted by molar-refractivity contribution is 0.0690. The van der Waals surface area contributed by atoms with Gasteiger partial charge in [0.05, 0.1) is 12.4 Å². The summed E-state index contributed by atoms with van der Waals surface area (Å²) in [6.07, 6.45) is 8.33. The predicted molar refractivity (Wildman–Crippen MR) is 55.5 cm³/mol. The second-order valence-electron chi connectivity index (χ2n) is 3.05. The molecule has 15 heavy (non-hydrogen) atoms. The van der Waals surface area contributed by atoms with E-state index in [0.717, 1.165) is 0 Å². The highest BCUT2D eigenvalue weighted by atomic mass is 16.4. The van der Waals surface area contributed by atoms with Crippen LogP contribution < -0.4 is 5.32 Å². The second-order valence-corrected chi connectivity index (χ2v) is 3.05. The van der Waals surface area contributed by atoms with Gasteiger partial charge in [-0.15, -0.1) is 12.3 Å². The van der Waals surface area contributed by atoms with E-state index in [1.54, 1.807) is 0 Å². The summed E-state index contributed by atoms with van der Waals surface area (Å²) in [5.41, 5.74) is -0.0899. The third-order valence-electron chi connectivity index (χ3n) is 1.67. The van der Waals surface area contributed by atoms with E-state index in [1.807, 2.05) is 6.92 Å². The average Bonchev–Trinajstić information content (AvgIpc) is 2.18. The maximum atomic E-state index is 10.6. The second kappa shape index (κ2) is 4.96. The summed E-state index contributed by atoms with van der Waals surface area (Å²) in [5.74, 6) is 1.81. The number of nitrogens with one attached hydrogen (secondary N) is 1. The lowest BCUT2D eigenvalue weighted by atomic mass is 10.2. The monoisotopic (exact) mass is 205 g/mol. The van der Waals surface area contributed by atoms with Crippen LogP contribution in [0.25, 0.3) is 0 Å². The summed E-state index contributed by atoms with van der Waals surface area (Å²) >= 11 is 0. The number of anilines is 1. The van der Waals surface area contributed by atoms with Crippen molar-refractivity contribution < 1.29 is 9.90 Å². The van der Waals surface area contributed by atoms with E-state index in [4.69, 9.17) is 11.5 Å². The Balaban J connectivity index is 2.74. The van der Waals surface area contributed by atoms with Gasteiger partial charge in [0.1, 0.15) is 5.82 Å². The van der Waals surface area contributed by atoms with Crippen LogP contribution in [-0.2, 0) is 0 Å². The summed E-state index contributed by atoms with van der Waals surface area (Å²) in [6.45, 7) is 1.88. The Morgan fingerprint density at radius 3 is 3.07 bits per heavy atom. The third-order valence-corrected chi connectivity index (χ3v) is 1.67. The molecule has 0 radical (unpaired) electrons. The molecule has 0 saturated carbocycles. The molecular weight excluding hydrogens is 194 g/mol. The fourth-order valence-electron chi connectivity index (χ4n) is 1.02. The van der Waals surface area contributed by atoms with Gasteiger partial charge < -0.3 is 10.4 Å². The Hall–Kier alpha value is -2.09. The molecule has 0 aliphatic rings. The van der Waals surface area contributed by atoms with Crippen LogP contribution in [0.2, 0.25) is 0 Å². The number of nitrogens with zero attached hydrogens (tertiary/aromatic N) is 2. The van der Waals surface area contributed by atoms with Crippen molar-refractivity contribution in [1.29, 1.82) is 0 Å². The van der Waals surface area contributed by atoms with Crippen LogP contribution in [-0.4, -0.2) is 27.1 Å². The number of carboxylic acid groups (broad SMARTS) is 1. The van der Waals surface area contributed by atoms with Gasteiger partial charge in [-0.3, -0.25) is 4.98 Å². The lowest BCUT2D eigenvalue weighted by Gasteiger charge is -2.10. The first-order valence-electron chi connectivity index (χ1n) is 4.39. The minimum atomic E-state index is -1.10. The Labute approximate surface area is 87.6 Å². The van der Waals surface area contributed by atoms with Gasteiger partial charge in [0.2, 0.25) is 0 Å². The van der Waals surface area contributed by atoms with Crippen LogP contribution in [0.4, 0.5) is 5.82 Å². The standard InChI is InChI=1S/C10H11N3O2/c1-3-4-7(2)12-9-6-11-5-8(13-9)10(14)15/h1,5-7H,4H2,2H3,(H,12,13)(H,14,15). The fourth-order valence-corrected chi connectivity index (χ4v) is 1.02. The maximum Gasteiger partial charge on any atom is 0.356 e. The molecule has 0 spiro atoms. The first-order chi connectivity index (χ1) is 7.13. The zero-order valence-electron chi connectivity index (χ0n) is 8.27. The number of hydrogen-bond donors (Lipinski definition) is 2. The van der Waals surface area contributed by atoms with Gasteiger partial charge >= 0.3 is 5.97 Å². The molecule has 1 unspecified atom stereocenters. The van der Waals surface area contributed by atoms with Crippen LogP contribution in [0.15, 0.2) is 12.4 Å². The number of carboxylic acids is 1. The lowest BCUT2D eigenvalue weighted by Crippen LogP contribution is -2.16. The first kappa shape index (κ1) is 11.0. The van der Waals surface area contributed by atoms with Crippen molar-refractivity contribution in [2.45, 2.75) is 19.4 Å². The summed E-state index contributed by atoms with van der Waals surface area (Å²) in [7, 11) is 0. The fraction of sp³-hybridized carbons (Fsp3) is 0.300. The normalized spacial score (nSPS) is 11.5. The number of rotatable bonds is 4. The van der Waals surface area contributed by atoms with Gasteiger partial charge in [-0.25, -0.2) is 9.78 Å². The Morgan fingerprint density at radius 1 is 1.73 bits per heavy atom. The third kappa shape index (κ3) is 3.27. The molecule has 0 saturated heterocycles. The van der Waals surface area contributed by atoms with Crippen molar-refractivity contribution >= 4 is 11.8 Å². The minimum Gasteiger partial charge on any atom is -0.476 e. The molecule has 5 nitrogen and oxygen atoms in total. The molecule has 1 aromatic heterocycles. The number of carbonyl (C=O) groups is 1. The van der Waals surface area contributed by atoms with E-state index < -0.39 is 5.97 Å². The van der Waals surface area contributed by atoms with E-state index in [0.29, 0.717) is 12.2 Å². The zero-order valence-corrected chi connectivity index (χ0v) is 8.27. The SMILES string of the molecule is C#CCC(C)Nc1cncc(C(=O)O)n1. The van der Waals surface area contributed by atoms with Crippen molar-refractivity contribution in [1.82, 2.24) is 9.97 Å². The Kier molecular flexibility index (Phi) is 3.63. The van der Waals surface area contributed by atoms with Crippen LogP contribution in [0.1, 0.15) is 23.8 Å². The molecular formula is C10H11N3O2. The first-order valence-corrected chi connectivity index (χ1v) is 4.39. The highest BCUT2D eigenvalue weighted by molar-refractivity contribution is 5.85. The van der Waals surface area contributed by atoms with E-state index in [9.17, 15) is 4.79 Å². The smallest absolute Gasteiger partial charge is 0.356 e. The quantitative estimate of drug-likeness (QED) is 0.717. The largest absolute Gasteiger partial charge is 0.476 e. The average molecular weight is 205 g/mol. The topological polar surface area (TPSA) is 75.1 Å². The van der Waals surface area contributed by atoms with Crippen molar-refractivity contribution in [3.63, 3.8) is 0 Å². The molecule has 0 aromatic carbocycles. The van der Waals surface area contributed by atoms with Gasteiger partial charge in [0, 0.05) is 12.5 Å². The molecule has 0 aliphatic carbocycles. The summed E-state index contributed by atoms with van der Waals surface area (Å²) < 4.78 is 0. The van der Waals surface area contributed by atoms with Crippen molar-refractivity contribution in [2.24, 2.45) is 0 Å². The Morgan fingerprint density at radius 2 is 2.47 bits per heavy atom. The molecule has 1 aromatic rings. The van der Waals surface area contributed by atoms with Gasteiger partial charge in [-0.1, -0.05) is 0 Å². The number of hydrogen-bond acceptors (Lipinski definition) is 4. The number of terminal acetylenes is 1. The van der Waals surface area contributed by atoms with Crippen molar-refractivity contribution in [3.8, 4) is 12.3 Å². The van der Waals surface area contributed by atoms with Gasteiger partial charge in [-0.2, -0.15) is 0 Å². The van der Waals surface area contributed by atoms with E-state index >= 15 is 0 Å². The van der Waals surface area contributed by atoms with Crippen LogP contribution in [0.3, 0.4) is 0 Å². The summed E-state index contributed by atoms with van der Waals surface area (Å²) in [6, 6.07) is 0.0355. The molecule has 0 amide bonds. The molecule has 0 fully saturated rings. The summed E-state index contributed by atoms with van der Waals surface area (Å²) in [5, 5.41) is 11.6. The predicted octanol–water partition coefficient (Wildman–Crippen LogP) is 0.998. The zero-order chi connectivity index (χ0) is 11.3. The van der Waals surface area contributed by atoms with Crippen molar-refractivity contribution in [2.75, 3.05) is 5.32 Å². The molecule has 1 heterocycles. The molecule has 0 bridgehead atoms. The van der Waals surface area contributed by atoms with E-state index in [2.05, 4.69) is 21.2 Å². The number of aromatic carboxylic acids is 1. The molecule has 1 atom stereocenters. The molecule has 5 heteroatoms. The molecule has 1 rings (SSSR count). The van der Waals surface area contributed by atoms with Gasteiger partial charge in [0.25, 0.3) is 0 Å². The van der Waals surface area contributed by atoms with Crippen LogP contribution >= 0.6 is 0 Å². The highest BCUT2D eigenvalue weighted by Gasteiger charge is 2.07. The minimum absolute atomic E-state index is 0.0355. The van der Waals surface area contributed by atoms with Gasteiger partial charge in [-0.05, 0) is 6.92 Å². The van der Waals surface area contributed by atoms with Crippen molar-refractivity contribution in [3.05, 3.63) is 18.1 Å². The molecule has 2 N–H and O–H groups in total. The highest BCUT2D eigenvalue weighted by Crippen LogP contribution is 2.05. The molecule has 78 valence electrons. The Bertz CT molecular complexity index is 398. The number of aromatic nitrogens is 2.